The molecule has 0 radical (unpaired) electrons. The number of nitrogens with zero attached hydrogens (tertiary/aromatic N) is 1. The van der Waals surface area contributed by atoms with E-state index in [1.54, 1.807) is 25.6 Å². The molecular weight excluding hydrogens is 534 g/mol. The number of thiophene rings is 1. The van der Waals surface area contributed by atoms with Crippen LogP contribution in [-0.4, -0.2) is 19.1 Å². The molecule has 0 N–H and O–H groups in total. The summed E-state index contributed by atoms with van der Waals surface area (Å²) in [5, 5.41) is 2.17. The Morgan fingerprint density at radius 2 is 1.52 bits per heavy atom. The Morgan fingerprint density at radius 1 is 0.786 bits per heavy atom. The highest BCUT2D eigenvalue weighted by atomic mass is 32.1. The maximum absolute atomic E-state index is 5.89. The predicted octanol–water partition coefficient (Wildman–Crippen LogP) is 9.30. The Kier molecular flexibility index (Phi) is 7.02. The standard InChI is InChI=1S/C38H33NO2S/c1-25-15-17-27(18-16-25)38-37(36-30-13-8-7-12-28(30)20-32(36)35-14-9-19-42-35)31-22-34(41-3)33(40-2)21-29(31)24-39(38)23-26-10-5-4-6-11-26/h4-22,38H,23-24H2,1-3H3/b37-36-. The van der Waals surface area contributed by atoms with Crippen molar-refractivity contribution in [2.45, 2.75) is 26.1 Å². The molecule has 0 spiro atoms. The van der Waals surface area contributed by atoms with Gasteiger partial charge in [-0.05, 0) is 81.1 Å². The molecule has 0 fully saturated rings. The summed E-state index contributed by atoms with van der Waals surface area (Å²) < 4.78 is 11.7. The zero-order valence-corrected chi connectivity index (χ0v) is 24.9. The maximum atomic E-state index is 5.89. The highest BCUT2D eigenvalue weighted by molar-refractivity contribution is 7.11. The topological polar surface area (TPSA) is 21.7 Å². The fourth-order valence-corrected chi connectivity index (χ4v) is 7.19. The average molecular weight is 568 g/mol. The van der Waals surface area contributed by atoms with Gasteiger partial charge in [-0.15, -0.1) is 11.3 Å². The lowest BCUT2D eigenvalue weighted by atomic mass is 9.79. The van der Waals surface area contributed by atoms with Crippen LogP contribution in [0.25, 0.3) is 22.8 Å². The van der Waals surface area contributed by atoms with Crippen LogP contribution in [0, 0.1) is 6.92 Å². The van der Waals surface area contributed by atoms with Gasteiger partial charge in [0.25, 0.3) is 0 Å². The van der Waals surface area contributed by atoms with Crippen molar-refractivity contribution < 1.29 is 9.47 Å². The Labute approximate surface area is 252 Å². The molecule has 1 atom stereocenters. The van der Waals surface area contributed by atoms with Gasteiger partial charge in [-0.1, -0.05) is 90.5 Å². The zero-order chi connectivity index (χ0) is 28.6. The van der Waals surface area contributed by atoms with Crippen LogP contribution in [0.5, 0.6) is 11.5 Å². The Bertz CT molecular complexity index is 1800. The molecule has 1 aliphatic carbocycles. The van der Waals surface area contributed by atoms with E-state index < -0.39 is 0 Å². The van der Waals surface area contributed by atoms with Crippen molar-refractivity contribution in [1.29, 1.82) is 0 Å². The maximum Gasteiger partial charge on any atom is 0.161 e. The minimum atomic E-state index is 0.0286. The van der Waals surface area contributed by atoms with Crippen molar-refractivity contribution in [1.82, 2.24) is 4.90 Å². The number of fused-ring (bicyclic) bond motifs is 2. The Balaban J connectivity index is 1.57. The van der Waals surface area contributed by atoms with Crippen LogP contribution in [-0.2, 0) is 13.1 Å². The van der Waals surface area contributed by atoms with Crippen LogP contribution < -0.4 is 9.47 Å². The first kappa shape index (κ1) is 26.5. The summed E-state index contributed by atoms with van der Waals surface area (Å²) in [7, 11) is 3.44. The normalized spacial score (nSPS) is 17.9. The van der Waals surface area contributed by atoms with E-state index in [9.17, 15) is 0 Å². The first-order valence-corrected chi connectivity index (χ1v) is 15.2. The highest BCUT2D eigenvalue weighted by Crippen LogP contribution is 2.54. The second-order valence-electron chi connectivity index (χ2n) is 11.0. The van der Waals surface area contributed by atoms with Gasteiger partial charge in [-0.25, -0.2) is 0 Å². The molecule has 2 aliphatic rings. The number of ether oxygens (including phenoxy) is 2. The van der Waals surface area contributed by atoms with E-state index >= 15 is 0 Å². The Hall–Kier alpha value is -4.38. The van der Waals surface area contributed by atoms with Crippen LogP contribution in [0.4, 0.5) is 0 Å². The molecule has 4 heteroatoms. The molecule has 0 saturated heterocycles. The smallest absolute Gasteiger partial charge is 0.161 e. The van der Waals surface area contributed by atoms with Crippen LogP contribution >= 0.6 is 11.3 Å². The number of methoxy groups -OCH3 is 2. The minimum absolute atomic E-state index is 0.0286. The van der Waals surface area contributed by atoms with Crippen molar-refractivity contribution in [3.8, 4) is 11.5 Å². The van der Waals surface area contributed by atoms with Gasteiger partial charge in [0, 0.05) is 23.5 Å². The number of allylic oxidation sites excluding steroid dienone is 2. The molecule has 1 unspecified atom stereocenters. The van der Waals surface area contributed by atoms with Gasteiger partial charge in [0.2, 0.25) is 0 Å². The third kappa shape index (κ3) is 4.67. The molecule has 7 rings (SSSR count). The lowest BCUT2D eigenvalue weighted by molar-refractivity contribution is 0.211. The van der Waals surface area contributed by atoms with Gasteiger partial charge in [0.1, 0.15) is 0 Å². The van der Waals surface area contributed by atoms with Gasteiger partial charge in [0.15, 0.2) is 11.5 Å². The monoisotopic (exact) mass is 567 g/mol. The van der Waals surface area contributed by atoms with Gasteiger partial charge in [-0.2, -0.15) is 0 Å². The van der Waals surface area contributed by atoms with Crippen molar-refractivity contribution >= 4 is 34.1 Å². The molecule has 3 nitrogen and oxygen atoms in total. The minimum Gasteiger partial charge on any atom is -0.493 e. The molecule has 2 heterocycles. The first-order chi connectivity index (χ1) is 20.6. The van der Waals surface area contributed by atoms with E-state index in [0.717, 1.165) is 24.6 Å². The second kappa shape index (κ2) is 11.1. The van der Waals surface area contributed by atoms with E-state index in [0.29, 0.717) is 0 Å². The fraction of sp³-hybridized carbons (Fsp3) is 0.158. The first-order valence-electron chi connectivity index (χ1n) is 14.3. The summed E-state index contributed by atoms with van der Waals surface area (Å²) in [5.74, 6) is 1.51. The summed E-state index contributed by atoms with van der Waals surface area (Å²) in [6.07, 6.45) is 2.37. The Morgan fingerprint density at radius 3 is 2.26 bits per heavy atom. The predicted molar refractivity (Wildman–Crippen MR) is 175 cm³/mol. The second-order valence-corrected chi connectivity index (χ2v) is 11.9. The summed E-state index contributed by atoms with van der Waals surface area (Å²) in [5.41, 5.74) is 12.7. The van der Waals surface area contributed by atoms with Crippen molar-refractivity contribution in [2.24, 2.45) is 0 Å². The third-order valence-corrected chi connectivity index (χ3v) is 9.29. The summed E-state index contributed by atoms with van der Waals surface area (Å²) in [6.45, 7) is 3.77. The molecule has 0 amide bonds. The van der Waals surface area contributed by atoms with E-state index in [1.807, 2.05) is 0 Å². The van der Waals surface area contributed by atoms with Crippen molar-refractivity contribution in [3.63, 3.8) is 0 Å². The largest absolute Gasteiger partial charge is 0.493 e. The molecular formula is C38H33NO2S. The average Bonchev–Trinajstić information content (AvgIpc) is 3.69. The number of rotatable bonds is 6. The molecule has 0 bridgehead atoms. The van der Waals surface area contributed by atoms with Gasteiger partial charge < -0.3 is 9.47 Å². The van der Waals surface area contributed by atoms with Gasteiger partial charge in [-0.3, -0.25) is 4.90 Å². The number of hydrogen-bond acceptors (Lipinski definition) is 4. The molecule has 1 aromatic heterocycles. The third-order valence-electron chi connectivity index (χ3n) is 8.39. The van der Waals surface area contributed by atoms with Crippen molar-refractivity contribution in [3.05, 3.63) is 152 Å². The van der Waals surface area contributed by atoms with Crippen LogP contribution in [0.15, 0.2) is 109 Å². The van der Waals surface area contributed by atoms with Gasteiger partial charge >= 0.3 is 0 Å². The van der Waals surface area contributed by atoms with E-state index in [1.165, 1.54) is 60.5 Å². The molecule has 4 aromatic carbocycles. The van der Waals surface area contributed by atoms with E-state index in [2.05, 4.69) is 126 Å². The van der Waals surface area contributed by atoms with E-state index in [4.69, 9.17) is 9.47 Å². The number of benzene rings is 4. The fourth-order valence-electron chi connectivity index (χ4n) is 6.44. The molecule has 5 aromatic rings. The molecule has 42 heavy (non-hydrogen) atoms. The SMILES string of the molecule is COc1cc2c(cc1OC)/C(=C1/C(c3cccs3)=Cc3ccccc31)C(c1ccc(C)cc1)N(Cc1ccccc1)C2. The summed E-state index contributed by atoms with van der Waals surface area (Å²) in [6, 6.07) is 37.5. The van der Waals surface area contributed by atoms with Crippen LogP contribution in [0.2, 0.25) is 0 Å². The van der Waals surface area contributed by atoms with Crippen molar-refractivity contribution in [2.75, 3.05) is 14.2 Å². The summed E-state index contributed by atoms with van der Waals surface area (Å²) >= 11 is 1.80. The zero-order valence-electron chi connectivity index (χ0n) is 24.1. The van der Waals surface area contributed by atoms with Gasteiger partial charge in [0.05, 0.1) is 20.3 Å². The number of hydrogen-bond donors (Lipinski definition) is 0. The highest BCUT2D eigenvalue weighted by Gasteiger charge is 2.37. The summed E-state index contributed by atoms with van der Waals surface area (Å²) in [4.78, 5) is 3.89. The lowest BCUT2D eigenvalue weighted by Gasteiger charge is -2.41. The quantitative estimate of drug-likeness (QED) is 0.204. The van der Waals surface area contributed by atoms with Crippen LogP contribution in [0.1, 0.15) is 49.9 Å². The molecule has 0 saturated carbocycles. The number of aryl methyl sites for hydroxylation is 1. The van der Waals surface area contributed by atoms with Crippen LogP contribution in [0.3, 0.4) is 0 Å². The lowest BCUT2D eigenvalue weighted by Crippen LogP contribution is -2.34. The molecule has 208 valence electrons. The van der Waals surface area contributed by atoms with E-state index in [-0.39, 0.29) is 6.04 Å². The molecule has 1 aliphatic heterocycles.